The molecule has 3 rings (SSSR count). The van der Waals surface area contributed by atoms with Gasteiger partial charge in [0.15, 0.2) is 0 Å². The summed E-state index contributed by atoms with van der Waals surface area (Å²) < 4.78 is 17.4. The van der Waals surface area contributed by atoms with Crippen LogP contribution in [0.3, 0.4) is 0 Å². The second-order valence-electron chi connectivity index (χ2n) is 14.2. The summed E-state index contributed by atoms with van der Waals surface area (Å²) in [5.41, 5.74) is 0.602. The Labute approximate surface area is 273 Å². The summed E-state index contributed by atoms with van der Waals surface area (Å²) in [7, 11) is 0. The minimum Gasteiger partial charge on any atom is -0.455 e. The molecule has 2 fully saturated rings. The number of hydrogen-bond donors (Lipinski definition) is 4. The zero-order valence-corrected chi connectivity index (χ0v) is 28.5. The van der Waals surface area contributed by atoms with Crippen molar-refractivity contribution in [3.63, 3.8) is 0 Å². The van der Waals surface area contributed by atoms with E-state index in [-0.39, 0.29) is 30.4 Å². The molecule has 0 saturated carbocycles. The number of aliphatic hydroxyl groups excluding tert-OH is 4. The predicted octanol–water partition coefficient (Wildman–Crippen LogP) is 6.83. The van der Waals surface area contributed by atoms with Gasteiger partial charge in [-0.2, -0.15) is 0 Å². The maximum atomic E-state index is 11.7. The fourth-order valence-electron chi connectivity index (χ4n) is 7.32. The number of rotatable bonds is 25. The summed E-state index contributed by atoms with van der Waals surface area (Å²) in [5.74, 6) is -0.293. The maximum absolute atomic E-state index is 11.7. The number of esters is 1. The zero-order chi connectivity index (χ0) is 32.4. The summed E-state index contributed by atoms with van der Waals surface area (Å²) in [6, 6.07) is 0. The van der Waals surface area contributed by atoms with Crippen molar-refractivity contribution in [2.24, 2.45) is 0 Å². The van der Waals surface area contributed by atoms with Crippen molar-refractivity contribution in [1.82, 2.24) is 0 Å². The van der Waals surface area contributed by atoms with Crippen LogP contribution in [0.5, 0.6) is 0 Å². The number of hydrogen-bond acceptors (Lipinski definition) is 8. The lowest BCUT2D eigenvalue weighted by Crippen LogP contribution is -2.35. The smallest absolute Gasteiger partial charge is 0.334 e. The second-order valence-corrected chi connectivity index (χ2v) is 14.2. The molecule has 8 nitrogen and oxygen atoms in total. The van der Waals surface area contributed by atoms with Gasteiger partial charge in [0.25, 0.3) is 0 Å². The van der Waals surface area contributed by atoms with E-state index in [1.54, 1.807) is 6.08 Å². The maximum Gasteiger partial charge on any atom is 0.334 e. The van der Waals surface area contributed by atoms with Gasteiger partial charge in [-0.15, -0.1) is 0 Å². The van der Waals surface area contributed by atoms with Crippen LogP contribution < -0.4 is 0 Å². The van der Waals surface area contributed by atoms with Gasteiger partial charge in [0.2, 0.25) is 0 Å². The summed E-state index contributed by atoms with van der Waals surface area (Å²) in [5, 5.41) is 42.3. The fraction of sp³-hybridized carbons (Fsp3) is 0.919. The minimum atomic E-state index is -0.680. The lowest BCUT2D eigenvalue weighted by atomic mass is 9.98. The Balaban J connectivity index is 1.16. The Bertz CT molecular complexity index is 833. The van der Waals surface area contributed by atoms with Crippen molar-refractivity contribution in [1.29, 1.82) is 0 Å². The first kappa shape index (κ1) is 38.4. The van der Waals surface area contributed by atoms with Crippen molar-refractivity contribution in [3.05, 3.63) is 11.6 Å². The molecule has 0 spiro atoms. The molecular formula is C37H66O8. The highest BCUT2D eigenvalue weighted by atomic mass is 16.6. The first-order valence-electron chi connectivity index (χ1n) is 18.7. The fourth-order valence-corrected chi connectivity index (χ4v) is 7.32. The molecule has 0 bridgehead atoms. The number of carbonyl (C=O) groups is 1. The van der Waals surface area contributed by atoms with E-state index < -0.39 is 30.5 Å². The first-order chi connectivity index (χ1) is 21.8. The van der Waals surface area contributed by atoms with Crippen LogP contribution in [-0.4, -0.2) is 81.3 Å². The predicted molar refractivity (Wildman–Crippen MR) is 177 cm³/mol. The molecule has 3 aliphatic heterocycles. The van der Waals surface area contributed by atoms with E-state index >= 15 is 0 Å². The Morgan fingerprint density at radius 3 is 1.87 bits per heavy atom. The molecule has 2 unspecified atom stereocenters. The molecule has 9 atom stereocenters. The van der Waals surface area contributed by atoms with Crippen molar-refractivity contribution in [3.8, 4) is 0 Å². The third kappa shape index (κ3) is 14.3. The molecule has 0 aliphatic carbocycles. The number of ether oxygens (including phenoxy) is 3. The summed E-state index contributed by atoms with van der Waals surface area (Å²) in [6.07, 6.45) is 21.5. The summed E-state index contributed by atoms with van der Waals surface area (Å²) in [6.45, 7) is 4.07. The number of aliphatic hydroxyl groups is 4. The SMILES string of the molecule is CCCCCCCCCC[C@@H](O)[C@H]1CC[C@H]([C@H]2CC(O)[C@@H]([C@H](O)CCCCCCCCCCC(O)CC3=C[C@H](C)OC3=O)O2)O1. The highest BCUT2D eigenvalue weighted by molar-refractivity contribution is 5.90. The Morgan fingerprint density at radius 2 is 1.29 bits per heavy atom. The molecule has 0 aromatic rings. The highest BCUT2D eigenvalue weighted by Crippen LogP contribution is 2.35. The van der Waals surface area contributed by atoms with E-state index in [2.05, 4.69) is 6.92 Å². The van der Waals surface area contributed by atoms with E-state index in [1.807, 2.05) is 6.92 Å². The third-order valence-corrected chi connectivity index (χ3v) is 10.1. The molecule has 4 N–H and O–H groups in total. The Morgan fingerprint density at radius 1 is 0.733 bits per heavy atom. The topological polar surface area (TPSA) is 126 Å². The second kappa shape index (κ2) is 21.8. The third-order valence-electron chi connectivity index (χ3n) is 10.1. The molecule has 3 heterocycles. The molecule has 262 valence electrons. The molecular weight excluding hydrogens is 572 g/mol. The molecule has 0 aromatic heterocycles. The van der Waals surface area contributed by atoms with Gasteiger partial charge in [0, 0.05) is 18.4 Å². The van der Waals surface area contributed by atoms with Gasteiger partial charge in [0.05, 0.1) is 42.7 Å². The largest absolute Gasteiger partial charge is 0.455 e. The van der Waals surface area contributed by atoms with Crippen LogP contribution in [-0.2, 0) is 19.0 Å². The van der Waals surface area contributed by atoms with Crippen molar-refractivity contribution in [2.45, 2.75) is 216 Å². The van der Waals surface area contributed by atoms with Crippen LogP contribution in [0, 0.1) is 0 Å². The van der Waals surface area contributed by atoms with Gasteiger partial charge in [-0.3, -0.25) is 0 Å². The molecule has 8 heteroatoms. The molecule has 3 aliphatic rings. The quantitative estimate of drug-likeness (QED) is 0.0634. The standard InChI is InChI=1S/C37H66O8/c1-3-4-5-6-7-11-14-17-20-30(39)33-22-23-34(44-33)35-26-32(41)36(45-35)31(40)21-18-15-12-9-8-10-13-16-19-29(38)25-28-24-27(2)43-37(28)42/h24,27,29-36,38-41H,3-23,25-26H2,1-2H3/t27-,29?,30+,31+,32?,33+,34+,35+,36+/m0/s1. The number of cyclic esters (lactones) is 1. The lowest BCUT2D eigenvalue weighted by molar-refractivity contribution is -0.139. The molecule has 0 radical (unpaired) electrons. The molecule has 2 saturated heterocycles. The van der Waals surface area contributed by atoms with Crippen LogP contribution in [0.25, 0.3) is 0 Å². The normalized spacial score (nSPS) is 28.8. The van der Waals surface area contributed by atoms with Crippen molar-refractivity contribution < 1.29 is 39.4 Å². The van der Waals surface area contributed by atoms with Gasteiger partial charge >= 0.3 is 5.97 Å². The lowest BCUT2D eigenvalue weighted by Gasteiger charge is -2.24. The summed E-state index contributed by atoms with van der Waals surface area (Å²) >= 11 is 0. The van der Waals surface area contributed by atoms with E-state index in [9.17, 15) is 25.2 Å². The molecule has 0 aromatic carbocycles. The van der Waals surface area contributed by atoms with Crippen LogP contribution >= 0.6 is 0 Å². The summed E-state index contributed by atoms with van der Waals surface area (Å²) in [4.78, 5) is 11.7. The monoisotopic (exact) mass is 638 g/mol. The van der Waals surface area contributed by atoms with Gasteiger partial charge in [-0.1, -0.05) is 110 Å². The Kier molecular flexibility index (Phi) is 18.6. The first-order valence-corrected chi connectivity index (χ1v) is 18.7. The van der Waals surface area contributed by atoms with Crippen molar-refractivity contribution in [2.75, 3.05) is 0 Å². The van der Waals surface area contributed by atoms with E-state index in [0.29, 0.717) is 31.3 Å². The van der Waals surface area contributed by atoms with Crippen molar-refractivity contribution >= 4 is 5.97 Å². The van der Waals surface area contributed by atoms with E-state index in [0.717, 1.165) is 77.0 Å². The minimum absolute atomic E-state index is 0.120. The van der Waals surface area contributed by atoms with Crippen LogP contribution in [0.2, 0.25) is 0 Å². The Hall–Kier alpha value is -1.03. The van der Waals surface area contributed by atoms with Gasteiger partial charge in [-0.05, 0) is 45.1 Å². The van der Waals surface area contributed by atoms with Gasteiger partial charge < -0.3 is 34.6 Å². The van der Waals surface area contributed by atoms with Gasteiger partial charge in [-0.25, -0.2) is 4.79 Å². The van der Waals surface area contributed by atoms with Gasteiger partial charge in [0.1, 0.15) is 12.2 Å². The number of carbonyl (C=O) groups excluding carboxylic acids is 1. The molecule has 45 heavy (non-hydrogen) atoms. The van der Waals surface area contributed by atoms with Crippen LogP contribution in [0.4, 0.5) is 0 Å². The van der Waals surface area contributed by atoms with E-state index in [1.165, 1.54) is 44.9 Å². The average molecular weight is 639 g/mol. The van der Waals surface area contributed by atoms with E-state index in [4.69, 9.17) is 14.2 Å². The average Bonchev–Trinajstić information content (AvgIpc) is 3.73. The highest BCUT2D eigenvalue weighted by Gasteiger charge is 2.45. The zero-order valence-electron chi connectivity index (χ0n) is 28.5. The number of unbranched alkanes of at least 4 members (excludes halogenated alkanes) is 14. The van der Waals surface area contributed by atoms with Crippen LogP contribution in [0.15, 0.2) is 11.6 Å². The van der Waals surface area contributed by atoms with Crippen LogP contribution in [0.1, 0.15) is 162 Å². The molecule has 0 amide bonds.